The number of esters is 1. The van der Waals surface area contributed by atoms with Crippen LogP contribution in [-0.2, 0) is 16.1 Å². The molecule has 0 unspecified atom stereocenters. The van der Waals surface area contributed by atoms with Gasteiger partial charge in [0.15, 0.2) is 0 Å². The van der Waals surface area contributed by atoms with E-state index in [2.05, 4.69) is 4.85 Å². The van der Waals surface area contributed by atoms with Gasteiger partial charge in [0, 0.05) is 0 Å². The molecule has 0 amide bonds. The summed E-state index contributed by atoms with van der Waals surface area (Å²) < 4.78 is 10.2. The van der Waals surface area contributed by atoms with E-state index in [1.165, 1.54) is 0 Å². The molecule has 1 aromatic rings. The quantitative estimate of drug-likeness (QED) is 0.713. The van der Waals surface area contributed by atoms with Crippen LogP contribution in [0.4, 0.5) is 0 Å². The second-order valence-electron chi connectivity index (χ2n) is 3.08. The summed E-state index contributed by atoms with van der Waals surface area (Å²) in [6.07, 6.45) is 0. The van der Waals surface area contributed by atoms with Crippen LogP contribution in [0.25, 0.3) is 4.85 Å². The molecule has 0 atom stereocenters. The van der Waals surface area contributed by atoms with E-state index in [1.54, 1.807) is 0 Å². The third-order valence-corrected chi connectivity index (χ3v) is 1.85. The van der Waals surface area contributed by atoms with Crippen LogP contribution in [0.5, 0.6) is 5.75 Å². The van der Waals surface area contributed by atoms with Crippen LogP contribution in [0.1, 0.15) is 12.5 Å². The molecular formula is C12H14NO3+. The lowest BCUT2D eigenvalue weighted by Crippen LogP contribution is -2.06. The molecule has 1 aromatic carbocycles. The van der Waals surface area contributed by atoms with E-state index < -0.39 is 5.97 Å². The van der Waals surface area contributed by atoms with E-state index in [0.29, 0.717) is 6.61 Å². The molecule has 4 heteroatoms. The minimum absolute atomic E-state index is 0.114. The highest BCUT2D eigenvalue weighted by molar-refractivity contribution is 5.73. The second-order valence-corrected chi connectivity index (χ2v) is 3.08. The van der Waals surface area contributed by atoms with Gasteiger partial charge < -0.3 is 9.47 Å². The van der Waals surface area contributed by atoms with Crippen LogP contribution < -0.4 is 4.74 Å². The largest absolute Gasteiger partial charge is 0.494 e. The third kappa shape index (κ3) is 4.01. The van der Waals surface area contributed by atoms with Gasteiger partial charge in [-0.1, -0.05) is 17.0 Å². The van der Waals surface area contributed by atoms with Gasteiger partial charge in [-0.15, -0.1) is 0 Å². The zero-order valence-corrected chi connectivity index (χ0v) is 9.18. The molecule has 0 aliphatic rings. The van der Waals surface area contributed by atoms with Crippen LogP contribution in [0.3, 0.4) is 0 Å². The second kappa shape index (κ2) is 6.46. The molecule has 0 bridgehead atoms. The summed E-state index contributed by atoms with van der Waals surface area (Å²) in [5.41, 5.74) is 0.897. The van der Waals surface area contributed by atoms with Crippen molar-refractivity contribution in [2.75, 3.05) is 13.2 Å². The van der Waals surface area contributed by atoms with E-state index in [9.17, 15) is 4.79 Å². The van der Waals surface area contributed by atoms with Crippen molar-refractivity contribution in [3.05, 3.63) is 34.7 Å². The predicted octanol–water partition coefficient (Wildman–Crippen LogP) is 2.09. The molecule has 1 rings (SSSR count). The standard InChI is InChI=1S/C12H14NO3/c1-3-15-11-6-4-10(5-7-11)9-16-12(14)8-13-2/h2,4-7H,3,8-9H2,1H3/q+1. The monoisotopic (exact) mass is 220 g/mol. The van der Waals surface area contributed by atoms with Gasteiger partial charge in [0.2, 0.25) is 0 Å². The molecule has 0 saturated carbocycles. The predicted molar refractivity (Wildman–Crippen MR) is 60.6 cm³/mol. The van der Waals surface area contributed by atoms with E-state index in [1.807, 2.05) is 31.2 Å². The number of hydrogen-bond donors (Lipinski definition) is 0. The number of hydrogen-bond acceptors (Lipinski definition) is 3. The SMILES string of the molecule is C#[N+]CC(=O)OCc1ccc(OCC)cc1. The van der Waals surface area contributed by atoms with Gasteiger partial charge in [-0.2, -0.15) is 0 Å². The Morgan fingerprint density at radius 2 is 2.06 bits per heavy atom. The molecule has 0 N–H and O–H groups in total. The highest BCUT2D eigenvalue weighted by atomic mass is 16.5. The number of benzene rings is 1. The Labute approximate surface area is 94.6 Å². The van der Waals surface area contributed by atoms with Gasteiger partial charge in [0.25, 0.3) is 6.57 Å². The number of ether oxygens (including phenoxy) is 2. The molecular weight excluding hydrogens is 206 g/mol. The summed E-state index contributed by atoms with van der Waals surface area (Å²) in [7, 11) is 0. The summed E-state index contributed by atoms with van der Waals surface area (Å²) in [5.74, 6) is 0.367. The molecule has 0 aliphatic carbocycles. The molecule has 0 spiro atoms. The van der Waals surface area contributed by atoms with Crippen molar-refractivity contribution >= 4 is 5.97 Å². The van der Waals surface area contributed by atoms with Crippen molar-refractivity contribution in [3.8, 4) is 12.3 Å². The van der Waals surface area contributed by atoms with Crippen molar-refractivity contribution in [2.45, 2.75) is 13.5 Å². The highest BCUT2D eigenvalue weighted by Gasteiger charge is 2.07. The first-order valence-corrected chi connectivity index (χ1v) is 5.00. The Balaban J connectivity index is 2.43. The third-order valence-electron chi connectivity index (χ3n) is 1.85. The number of carbonyl (C=O) groups excluding carboxylic acids is 1. The van der Waals surface area contributed by atoms with E-state index in [-0.39, 0.29) is 13.2 Å². The Morgan fingerprint density at radius 3 is 2.62 bits per heavy atom. The maximum atomic E-state index is 11.0. The van der Waals surface area contributed by atoms with E-state index >= 15 is 0 Å². The topological polar surface area (TPSA) is 39.9 Å². The summed E-state index contributed by atoms with van der Waals surface area (Å²) in [6, 6.07) is 7.36. The number of rotatable bonds is 5. The molecule has 0 fully saturated rings. The van der Waals surface area contributed by atoms with Crippen LogP contribution in [0.2, 0.25) is 0 Å². The van der Waals surface area contributed by atoms with E-state index in [0.717, 1.165) is 11.3 Å². The molecule has 16 heavy (non-hydrogen) atoms. The highest BCUT2D eigenvalue weighted by Crippen LogP contribution is 2.12. The van der Waals surface area contributed by atoms with Gasteiger partial charge in [-0.3, -0.25) is 0 Å². The maximum absolute atomic E-state index is 11.0. The fourth-order valence-corrected chi connectivity index (χ4v) is 1.13. The Morgan fingerprint density at radius 1 is 1.38 bits per heavy atom. The molecule has 0 aromatic heterocycles. The minimum Gasteiger partial charge on any atom is -0.494 e. The summed E-state index contributed by atoms with van der Waals surface area (Å²) in [4.78, 5) is 14.2. The van der Waals surface area contributed by atoms with Crippen molar-refractivity contribution in [2.24, 2.45) is 0 Å². The average molecular weight is 220 g/mol. The first kappa shape index (κ1) is 12.1. The zero-order chi connectivity index (χ0) is 11.8. The zero-order valence-electron chi connectivity index (χ0n) is 9.18. The van der Waals surface area contributed by atoms with Crippen LogP contribution >= 0.6 is 0 Å². The van der Waals surface area contributed by atoms with Gasteiger partial charge in [0.05, 0.1) is 6.61 Å². The van der Waals surface area contributed by atoms with Crippen molar-refractivity contribution < 1.29 is 14.3 Å². The van der Waals surface area contributed by atoms with Crippen molar-refractivity contribution in [3.63, 3.8) is 0 Å². The Kier molecular flexibility index (Phi) is 4.87. The normalized spacial score (nSPS) is 9.25. The lowest BCUT2D eigenvalue weighted by atomic mass is 10.2. The Hall–Kier alpha value is -2.02. The molecule has 0 radical (unpaired) electrons. The number of carbonyl (C=O) groups is 1. The molecule has 0 heterocycles. The summed E-state index contributed by atoms with van der Waals surface area (Å²) in [5, 5.41) is 0. The Bertz CT molecular complexity index is 378. The van der Waals surface area contributed by atoms with Gasteiger partial charge in [0.1, 0.15) is 12.4 Å². The van der Waals surface area contributed by atoms with Gasteiger partial charge >= 0.3 is 12.5 Å². The van der Waals surface area contributed by atoms with Crippen molar-refractivity contribution in [1.29, 1.82) is 0 Å². The van der Waals surface area contributed by atoms with Crippen LogP contribution in [0, 0.1) is 6.57 Å². The lowest BCUT2D eigenvalue weighted by molar-refractivity contribution is -0.142. The number of nitrogens with zero attached hydrogens (tertiary/aromatic N) is 1. The average Bonchev–Trinajstić information content (AvgIpc) is 2.29. The smallest absolute Gasteiger partial charge is 0.392 e. The van der Waals surface area contributed by atoms with Gasteiger partial charge in [-0.25, -0.2) is 4.79 Å². The van der Waals surface area contributed by atoms with Crippen LogP contribution in [0.15, 0.2) is 24.3 Å². The minimum atomic E-state index is -0.434. The first-order valence-electron chi connectivity index (χ1n) is 5.00. The first-order chi connectivity index (χ1) is 7.76. The van der Waals surface area contributed by atoms with Crippen LogP contribution in [-0.4, -0.2) is 19.1 Å². The fourth-order valence-electron chi connectivity index (χ4n) is 1.13. The molecule has 4 nitrogen and oxygen atoms in total. The molecule has 0 saturated heterocycles. The molecule has 0 aliphatic heterocycles. The maximum Gasteiger partial charge on any atom is 0.392 e. The summed E-state index contributed by atoms with van der Waals surface area (Å²) >= 11 is 0. The van der Waals surface area contributed by atoms with Gasteiger partial charge in [-0.05, 0) is 24.6 Å². The van der Waals surface area contributed by atoms with Crippen molar-refractivity contribution in [1.82, 2.24) is 0 Å². The molecule has 84 valence electrons. The summed E-state index contributed by atoms with van der Waals surface area (Å²) in [6.45, 7) is 7.52. The van der Waals surface area contributed by atoms with E-state index in [4.69, 9.17) is 16.0 Å². The lowest BCUT2D eigenvalue weighted by Gasteiger charge is -2.04. The fraction of sp³-hybridized carbons (Fsp3) is 0.333.